The lowest BCUT2D eigenvalue weighted by Gasteiger charge is -2.10. The molecule has 0 saturated heterocycles. The number of carbonyl (C=O) groups excluding carboxylic acids is 1. The van der Waals surface area contributed by atoms with Crippen molar-refractivity contribution in [2.75, 3.05) is 18.5 Å². The predicted octanol–water partition coefficient (Wildman–Crippen LogP) is 4.68. The van der Waals surface area contributed by atoms with Crippen LogP contribution in [0.25, 0.3) is 0 Å². The summed E-state index contributed by atoms with van der Waals surface area (Å²) >= 11 is 0. The minimum absolute atomic E-state index is 0.172. The molecule has 0 aromatic heterocycles. The molecule has 0 radical (unpaired) electrons. The molecule has 0 spiro atoms. The van der Waals surface area contributed by atoms with E-state index in [1.807, 2.05) is 25.1 Å². The monoisotopic (exact) mass is 325 g/mol. The molecule has 1 N–H and O–H groups in total. The van der Waals surface area contributed by atoms with Gasteiger partial charge in [-0.25, -0.2) is 0 Å². The first kappa shape index (κ1) is 17.6. The molecule has 0 aliphatic carbocycles. The Balaban J connectivity index is 1.98. The van der Waals surface area contributed by atoms with Gasteiger partial charge in [-0.15, -0.1) is 0 Å². The fourth-order valence-electron chi connectivity index (χ4n) is 2.00. The second kappa shape index (κ2) is 8.77. The number of hydrogen-bond donors (Lipinski definition) is 1. The number of nitrogens with one attached hydrogen (secondary N) is 1. The van der Waals surface area contributed by atoms with Crippen molar-refractivity contribution in [1.82, 2.24) is 0 Å². The molecule has 0 heterocycles. The Kier molecular flexibility index (Phi) is 6.43. The van der Waals surface area contributed by atoms with E-state index in [1.54, 1.807) is 30.3 Å². The van der Waals surface area contributed by atoms with Gasteiger partial charge in [-0.1, -0.05) is 19.6 Å². The van der Waals surface area contributed by atoms with E-state index < -0.39 is 0 Å². The van der Waals surface area contributed by atoms with Crippen LogP contribution in [0.5, 0.6) is 11.5 Å². The lowest BCUT2D eigenvalue weighted by atomic mass is 10.2. The molecule has 2 aromatic carbocycles. The molecule has 2 rings (SSSR count). The van der Waals surface area contributed by atoms with E-state index in [4.69, 9.17) is 9.47 Å². The van der Waals surface area contributed by atoms with E-state index in [0.29, 0.717) is 30.2 Å². The quantitative estimate of drug-likeness (QED) is 0.717. The van der Waals surface area contributed by atoms with Crippen LogP contribution >= 0.6 is 0 Å². The highest BCUT2D eigenvalue weighted by atomic mass is 16.5. The summed E-state index contributed by atoms with van der Waals surface area (Å²) in [5, 5.41) is 2.87. The standard InChI is InChI=1S/C20H23NO3/c1-4-12-23-18-10-8-16(9-11-18)20(22)21-17-6-5-7-19(13-17)24-14-15(2)3/h5-11,13H,2,4,12,14H2,1,3H3,(H,21,22). The average Bonchev–Trinajstić information content (AvgIpc) is 2.59. The number of hydrogen-bond acceptors (Lipinski definition) is 3. The molecule has 1 amide bonds. The molecular weight excluding hydrogens is 302 g/mol. The molecule has 0 unspecified atom stereocenters. The first-order valence-electron chi connectivity index (χ1n) is 8.00. The number of anilines is 1. The lowest BCUT2D eigenvalue weighted by molar-refractivity contribution is 0.102. The Morgan fingerprint density at radius 3 is 2.50 bits per heavy atom. The van der Waals surface area contributed by atoms with E-state index in [1.165, 1.54) is 0 Å². The molecule has 0 atom stereocenters. The van der Waals surface area contributed by atoms with Crippen molar-refractivity contribution in [3.63, 3.8) is 0 Å². The molecule has 0 fully saturated rings. The van der Waals surface area contributed by atoms with Gasteiger partial charge in [0, 0.05) is 17.3 Å². The van der Waals surface area contributed by atoms with Crippen LogP contribution in [-0.4, -0.2) is 19.1 Å². The van der Waals surface area contributed by atoms with E-state index in [9.17, 15) is 4.79 Å². The fraction of sp³-hybridized carbons (Fsp3) is 0.250. The summed E-state index contributed by atoms with van der Waals surface area (Å²) in [7, 11) is 0. The molecule has 0 saturated carbocycles. The molecule has 0 aliphatic rings. The molecule has 24 heavy (non-hydrogen) atoms. The predicted molar refractivity (Wildman–Crippen MR) is 96.9 cm³/mol. The normalized spacial score (nSPS) is 10.1. The van der Waals surface area contributed by atoms with Crippen molar-refractivity contribution in [2.24, 2.45) is 0 Å². The smallest absolute Gasteiger partial charge is 0.255 e. The summed E-state index contributed by atoms with van der Waals surface area (Å²) in [4.78, 5) is 12.3. The van der Waals surface area contributed by atoms with Crippen LogP contribution < -0.4 is 14.8 Å². The fourth-order valence-corrected chi connectivity index (χ4v) is 2.00. The maximum absolute atomic E-state index is 12.3. The number of ether oxygens (including phenoxy) is 2. The third kappa shape index (κ3) is 5.47. The van der Waals surface area contributed by atoms with Crippen LogP contribution in [0.1, 0.15) is 30.6 Å². The largest absolute Gasteiger partial charge is 0.494 e. The van der Waals surface area contributed by atoms with Crippen molar-refractivity contribution in [3.05, 3.63) is 66.2 Å². The van der Waals surface area contributed by atoms with Crippen LogP contribution in [0.4, 0.5) is 5.69 Å². The van der Waals surface area contributed by atoms with Crippen molar-refractivity contribution >= 4 is 11.6 Å². The third-order valence-electron chi connectivity index (χ3n) is 3.17. The number of benzene rings is 2. The third-order valence-corrected chi connectivity index (χ3v) is 3.17. The van der Waals surface area contributed by atoms with Crippen molar-refractivity contribution in [1.29, 1.82) is 0 Å². The van der Waals surface area contributed by atoms with E-state index in [-0.39, 0.29) is 5.91 Å². The highest BCUT2D eigenvalue weighted by Gasteiger charge is 2.07. The average molecular weight is 325 g/mol. The van der Waals surface area contributed by atoms with Gasteiger partial charge >= 0.3 is 0 Å². The molecule has 0 bridgehead atoms. The summed E-state index contributed by atoms with van der Waals surface area (Å²) in [6, 6.07) is 14.4. The molecule has 0 aliphatic heterocycles. The maximum Gasteiger partial charge on any atom is 0.255 e. The van der Waals surface area contributed by atoms with Crippen molar-refractivity contribution in [3.8, 4) is 11.5 Å². The Hall–Kier alpha value is -2.75. The van der Waals surface area contributed by atoms with Crippen LogP contribution in [0.15, 0.2) is 60.7 Å². The van der Waals surface area contributed by atoms with Gasteiger partial charge < -0.3 is 14.8 Å². The zero-order valence-electron chi connectivity index (χ0n) is 14.2. The number of rotatable bonds is 8. The zero-order valence-corrected chi connectivity index (χ0v) is 14.2. The minimum atomic E-state index is -0.172. The SMILES string of the molecule is C=C(C)COc1cccc(NC(=O)c2ccc(OCCC)cc2)c1. The van der Waals surface area contributed by atoms with E-state index >= 15 is 0 Å². The Morgan fingerprint density at radius 2 is 1.83 bits per heavy atom. The number of amides is 1. The molecule has 4 heteroatoms. The van der Waals surface area contributed by atoms with Gasteiger partial charge in [0.25, 0.3) is 5.91 Å². The topological polar surface area (TPSA) is 47.6 Å². The van der Waals surface area contributed by atoms with Gasteiger partial charge in [-0.2, -0.15) is 0 Å². The van der Waals surface area contributed by atoms with Crippen molar-refractivity contribution < 1.29 is 14.3 Å². The number of carbonyl (C=O) groups is 1. The van der Waals surface area contributed by atoms with Crippen LogP contribution in [0.3, 0.4) is 0 Å². The Bertz CT molecular complexity index is 692. The minimum Gasteiger partial charge on any atom is -0.494 e. The van der Waals surface area contributed by atoms with Crippen LogP contribution in [-0.2, 0) is 0 Å². The second-order valence-corrected chi connectivity index (χ2v) is 5.60. The summed E-state index contributed by atoms with van der Waals surface area (Å²) in [5.41, 5.74) is 2.20. The summed E-state index contributed by atoms with van der Waals surface area (Å²) in [6.45, 7) is 8.88. The van der Waals surface area contributed by atoms with Gasteiger partial charge in [-0.05, 0) is 55.3 Å². The molecule has 2 aromatic rings. The Labute approximate surface area is 143 Å². The van der Waals surface area contributed by atoms with Crippen LogP contribution in [0.2, 0.25) is 0 Å². The van der Waals surface area contributed by atoms with Gasteiger partial charge in [-0.3, -0.25) is 4.79 Å². The zero-order chi connectivity index (χ0) is 17.4. The van der Waals surface area contributed by atoms with Gasteiger partial charge in [0.15, 0.2) is 0 Å². The molecule has 4 nitrogen and oxygen atoms in total. The first-order chi connectivity index (χ1) is 11.6. The maximum atomic E-state index is 12.3. The van der Waals surface area contributed by atoms with Gasteiger partial charge in [0.2, 0.25) is 0 Å². The van der Waals surface area contributed by atoms with Crippen molar-refractivity contribution in [2.45, 2.75) is 20.3 Å². The summed E-state index contributed by atoms with van der Waals surface area (Å²) in [5.74, 6) is 1.29. The second-order valence-electron chi connectivity index (χ2n) is 5.60. The van der Waals surface area contributed by atoms with Crippen LogP contribution in [0, 0.1) is 0 Å². The highest BCUT2D eigenvalue weighted by Crippen LogP contribution is 2.19. The van der Waals surface area contributed by atoms with Gasteiger partial charge in [0.05, 0.1) is 6.61 Å². The molecular formula is C20H23NO3. The highest BCUT2D eigenvalue weighted by molar-refractivity contribution is 6.04. The molecule has 126 valence electrons. The van der Waals surface area contributed by atoms with E-state index in [0.717, 1.165) is 17.7 Å². The Morgan fingerprint density at radius 1 is 1.08 bits per heavy atom. The summed E-state index contributed by atoms with van der Waals surface area (Å²) < 4.78 is 11.1. The summed E-state index contributed by atoms with van der Waals surface area (Å²) in [6.07, 6.45) is 0.950. The van der Waals surface area contributed by atoms with E-state index in [2.05, 4.69) is 18.8 Å². The lowest BCUT2D eigenvalue weighted by Crippen LogP contribution is -2.12. The van der Waals surface area contributed by atoms with Gasteiger partial charge in [0.1, 0.15) is 18.1 Å². The first-order valence-corrected chi connectivity index (χ1v) is 8.00.